The first kappa shape index (κ1) is 17.7. The van der Waals surface area contributed by atoms with E-state index in [2.05, 4.69) is 0 Å². The second-order valence-electron chi connectivity index (χ2n) is 5.55. The molecule has 0 atom stereocenters. The van der Waals surface area contributed by atoms with Crippen molar-refractivity contribution in [2.24, 2.45) is 5.92 Å². The normalized spacial score (nSPS) is 12.8. The molecule has 0 spiro atoms. The van der Waals surface area contributed by atoms with Gasteiger partial charge >= 0.3 is 11.9 Å². The van der Waals surface area contributed by atoms with E-state index in [1.54, 1.807) is 39.8 Å². The Balaban J connectivity index is 3.06. The lowest BCUT2D eigenvalue weighted by Gasteiger charge is -2.24. The Morgan fingerprint density at radius 3 is 2.00 bits per heavy atom. The van der Waals surface area contributed by atoms with Crippen LogP contribution in [0.25, 0.3) is 0 Å². The van der Waals surface area contributed by atoms with E-state index >= 15 is 0 Å². The van der Waals surface area contributed by atoms with Crippen LogP contribution in [0, 0.1) is 5.92 Å². The largest absolute Gasteiger partial charge is 0.478 e. The van der Waals surface area contributed by atoms with E-state index < -0.39 is 29.2 Å². The summed E-state index contributed by atoms with van der Waals surface area (Å²) >= 11 is 0. The molecule has 0 heterocycles. The molecule has 1 aromatic carbocycles. The predicted molar refractivity (Wildman–Crippen MR) is 78.8 cm³/mol. The molecule has 2 N–H and O–H groups in total. The Kier molecular flexibility index (Phi) is 5.70. The molecule has 0 saturated heterocycles. The van der Waals surface area contributed by atoms with Crippen LogP contribution in [-0.2, 0) is 25.0 Å². The van der Waals surface area contributed by atoms with Gasteiger partial charge in [0.05, 0.1) is 5.57 Å². The maximum atomic E-state index is 11.3. The van der Waals surface area contributed by atoms with Crippen LogP contribution in [0.4, 0.5) is 0 Å². The zero-order valence-corrected chi connectivity index (χ0v) is 13.0. The molecule has 1 aromatic rings. The Labute approximate surface area is 128 Å². The molecule has 0 aliphatic heterocycles. The van der Waals surface area contributed by atoms with Crippen LogP contribution in [0.5, 0.6) is 0 Å². The SMILES string of the molecule is CC(C)C(C(=O)O)=C(OOC(C)(C)c1ccccc1)C(=O)O. The number of rotatable bonds is 7. The number of benzene rings is 1. The Hall–Kier alpha value is -2.34. The van der Waals surface area contributed by atoms with Crippen molar-refractivity contribution in [1.82, 2.24) is 0 Å². The number of hydrogen-bond acceptors (Lipinski definition) is 4. The summed E-state index contributed by atoms with van der Waals surface area (Å²) in [4.78, 5) is 32.6. The molecule has 0 aromatic heterocycles. The second-order valence-corrected chi connectivity index (χ2v) is 5.55. The fraction of sp³-hybridized carbons (Fsp3) is 0.375. The van der Waals surface area contributed by atoms with Crippen molar-refractivity contribution in [3.8, 4) is 0 Å². The van der Waals surface area contributed by atoms with E-state index in [1.807, 2.05) is 18.2 Å². The van der Waals surface area contributed by atoms with Crippen LogP contribution >= 0.6 is 0 Å². The molecule has 0 bridgehead atoms. The van der Waals surface area contributed by atoms with Crippen LogP contribution in [0.3, 0.4) is 0 Å². The fourth-order valence-corrected chi connectivity index (χ4v) is 1.84. The summed E-state index contributed by atoms with van der Waals surface area (Å²) in [5.41, 5.74) is -0.528. The van der Waals surface area contributed by atoms with Gasteiger partial charge in [0.25, 0.3) is 5.76 Å². The monoisotopic (exact) mass is 308 g/mol. The van der Waals surface area contributed by atoms with Crippen molar-refractivity contribution in [3.63, 3.8) is 0 Å². The van der Waals surface area contributed by atoms with Crippen LogP contribution in [-0.4, -0.2) is 22.2 Å². The minimum atomic E-state index is -1.49. The van der Waals surface area contributed by atoms with Crippen molar-refractivity contribution in [3.05, 3.63) is 47.2 Å². The molecule has 0 radical (unpaired) electrons. The number of carbonyl (C=O) groups is 2. The first-order valence-electron chi connectivity index (χ1n) is 6.78. The van der Waals surface area contributed by atoms with E-state index in [9.17, 15) is 14.7 Å². The van der Waals surface area contributed by atoms with Gasteiger partial charge in [-0.25, -0.2) is 9.59 Å². The fourth-order valence-electron chi connectivity index (χ4n) is 1.84. The molecule has 0 amide bonds. The number of carboxylic acids is 2. The smallest absolute Gasteiger partial charge is 0.375 e. The molecule has 6 nitrogen and oxygen atoms in total. The Morgan fingerprint density at radius 1 is 1.05 bits per heavy atom. The quantitative estimate of drug-likeness (QED) is 0.348. The lowest BCUT2D eigenvalue weighted by Crippen LogP contribution is -2.25. The summed E-state index contributed by atoms with van der Waals surface area (Å²) < 4.78 is 0. The molecule has 0 aliphatic carbocycles. The van der Waals surface area contributed by atoms with Crippen LogP contribution in [0.15, 0.2) is 41.7 Å². The highest BCUT2D eigenvalue weighted by Gasteiger charge is 2.30. The minimum Gasteiger partial charge on any atom is -0.478 e. The molecule has 22 heavy (non-hydrogen) atoms. The average molecular weight is 308 g/mol. The minimum absolute atomic E-state index is 0.351. The highest BCUT2D eigenvalue weighted by atomic mass is 17.2. The molecule has 120 valence electrons. The highest BCUT2D eigenvalue weighted by Crippen LogP contribution is 2.27. The topological polar surface area (TPSA) is 93.1 Å². The van der Waals surface area contributed by atoms with Gasteiger partial charge < -0.3 is 15.1 Å². The third-order valence-electron chi connectivity index (χ3n) is 3.05. The van der Waals surface area contributed by atoms with Crippen molar-refractivity contribution < 1.29 is 29.6 Å². The van der Waals surface area contributed by atoms with Crippen molar-refractivity contribution >= 4 is 11.9 Å². The van der Waals surface area contributed by atoms with E-state index in [4.69, 9.17) is 14.9 Å². The molecule has 0 aliphatic rings. The number of aliphatic carboxylic acids is 2. The van der Waals surface area contributed by atoms with Crippen LogP contribution < -0.4 is 0 Å². The van der Waals surface area contributed by atoms with Gasteiger partial charge in [0, 0.05) is 0 Å². The molecular formula is C16H20O6. The summed E-state index contributed by atoms with van der Waals surface area (Å²) in [6.45, 7) is 6.52. The van der Waals surface area contributed by atoms with E-state index in [1.165, 1.54) is 0 Å². The summed E-state index contributed by atoms with van der Waals surface area (Å²) in [5, 5.41) is 18.3. The Morgan fingerprint density at radius 2 is 1.59 bits per heavy atom. The number of carboxylic acid groups (broad SMARTS) is 2. The predicted octanol–water partition coefficient (Wildman–Crippen LogP) is 2.95. The maximum Gasteiger partial charge on any atom is 0.375 e. The molecule has 6 heteroatoms. The third kappa shape index (κ3) is 4.33. The van der Waals surface area contributed by atoms with Gasteiger partial charge in [-0.05, 0) is 25.3 Å². The Bertz CT molecular complexity index is 572. The summed E-state index contributed by atoms with van der Waals surface area (Å²) in [7, 11) is 0. The summed E-state index contributed by atoms with van der Waals surface area (Å²) in [6.07, 6.45) is 0. The lowest BCUT2D eigenvalue weighted by molar-refractivity contribution is -0.331. The maximum absolute atomic E-state index is 11.3. The van der Waals surface area contributed by atoms with Gasteiger partial charge in [-0.15, -0.1) is 0 Å². The molecule has 0 saturated carbocycles. The van der Waals surface area contributed by atoms with E-state index in [0.717, 1.165) is 5.56 Å². The lowest BCUT2D eigenvalue weighted by atomic mass is 9.99. The molecule has 0 unspecified atom stereocenters. The third-order valence-corrected chi connectivity index (χ3v) is 3.05. The van der Waals surface area contributed by atoms with Gasteiger partial charge in [-0.1, -0.05) is 44.2 Å². The standard InChI is InChI=1S/C16H20O6/c1-10(2)12(14(17)18)13(15(19)20)21-22-16(3,4)11-8-6-5-7-9-11/h5-10H,1-4H3,(H,17,18)(H,19,20). The highest BCUT2D eigenvalue weighted by molar-refractivity contribution is 5.97. The van der Waals surface area contributed by atoms with Crippen molar-refractivity contribution in [2.75, 3.05) is 0 Å². The van der Waals surface area contributed by atoms with Gasteiger partial charge in [0.1, 0.15) is 5.60 Å². The molecule has 1 rings (SSSR count). The van der Waals surface area contributed by atoms with E-state index in [-0.39, 0.29) is 5.57 Å². The van der Waals surface area contributed by atoms with Gasteiger partial charge in [0.15, 0.2) is 0 Å². The first-order chi connectivity index (χ1) is 10.2. The summed E-state index contributed by atoms with van der Waals surface area (Å²) in [5.74, 6) is -4.10. The molecular weight excluding hydrogens is 288 g/mol. The van der Waals surface area contributed by atoms with E-state index in [0.29, 0.717) is 0 Å². The zero-order valence-electron chi connectivity index (χ0n) is 13.0. The summed E-state index contributed by atoms with van der Waals surface area (Å²) in [6, 6.07) is 9.06. The van der Waals surface area contributed by atoms with Crippen LogP contribution in [0.2, 0.25) is 0 Å². The molecule has 0 fully saturated rings. The zero-order chi connectivity index (χ0) is 16.9. The van der Waals surface area contributed by atoms with Crippen LogP contribution in [0.1, 0.15) is 33.3 Å². The van der Waals surface area contributed by atoms with Gasteiger partial charge in [-0.3, -0.25) is 0 Å². The van der Waals surface area contributed by atoms with Gasteiger partial charge in [0.2, 0.25) is 0 Å². The van der Waals surface area contributed by atoms with Crippen molar-refractivity contribution in [1.29, 1.82) is 0 Å². The second kappa shape index (κ2) is 7.09. The van der Waals surface area contributed by atoms with Crippen molar-refractivity contribution in [2.45, 2.75) is 33.3 Å². The number of hydrogen-bond donors (Lipinski definition) is 2. The van der Waals surface area contributed by atoms with Gasteiger partial charge in [-0.2, -0.15) is 4.89 Å². The average Bonchev–Trinajstić information content (AvgIpc) is 2.43. The first-order valence-corrected chi connectivity index (χ1v) is 6.78.